The minimum atomic E-state index is -0.0846. The number of rotatable bonds is 5. The number of hydrogen-bond donors (Lipinski definition) is 1. The second kappa shape index (κ2) is 5.83. The first-order chi connectivity index (χ1) is 8.77. The monoisotopic (exact) mass is 265 g/mol. The summed E-state index contributed by atoms with van der Waals surface area (Å²) in [6.07, 6.45) is 3.27. The molecule has 0 bridgehead atoms. The molecule has 2 aromatic heterocycles. The van der Waals surface area contributed by atoms with Crippen molar-refractivity contribution >= 4 is 11.5 Å². The highest BCUT2D eigenvalue weighted by Gasteiger charge is 2.23. The third-order valence-electron chi connectivity index (χ3n) is 2.52. The lowest BCUT2D eigenvalue weighted by Gasteiger charge is -2.17. The second-order valence-electron chi connectivity index (χ2n) is 3.66. The Morgan fingerprint density at radius 1 is 1.39 bits per heavy atom. The van der Waals surface area contributed by atoms with E-state index in [0.29, 0.717) is 5.88 Å². The molecule has 0 saturated carbocycles. The Morgan fingerprint density at radius 2 is 2.17 bits per heavy atom. The van der Waals surface area contributed by atoms with Crippen molar-refractivity contribution in [2.24, 2.45) is 0 Å². The van der Waals surface area contributed by atoms with Crippen LogP contribution in [0, 0.1) is 6.92 Å². The molecule has 1 unspecified atom stereocenters. The number of aromatic nitrogens is 4. The number of hydrogen-bond acceptors (Lipinski definition) is 7. The van der Waals surface area contributed by atoms with Crippen LogP contribution >= 0.6 is 11.5 Å². The molecule has 7 heteroatoms. The Balaban J connectivity index is 2.45. The summed E-state index contributed by atoms with van der Waals surface area (Å²) in [7, 11) is 1.59. The maximum Gasteiger partial charge on any atom is 0.237 e. The van der Waals surface area contributed by atoms with E-state index in [1.807, 2.05) is 13.8 Å². The van der Waals surface area contributed by atoms with Gasteiger partial charge in [-0.15, -0.1) is 5.10 Å². The molecule has 2 heterocycles. The van der Waals surface area contributed by atoms with Gasteiger partial charge in [-0.05, 0) is 25.0 Å². The van der Waals surface area contributed by atoms with Gasteiger partial charge in [-0.2, -0.15) is 0 Å². The molecule has 6 nitrogen and oxygen atoms in total. The van der Waals surface area contributed by atoms with Crippen molar-refractivity contribution in [2.45, 2.75) is 19.9 Å². The Bertz CT molecular complexity index is 516. The maximum atomic E-state index is 5.26. The molecule has 0 saturated heterocycles. The SMILES string of the molecule is CCNC(c1nccnc1OC)c1snnc1C. The van der Waals surface area contributed by atoms with Crippen molar-refractivity contribution in [1.82, 2.24) is 24.9 Å². The van der Waals surface area contributed by atoms with Crippen LogP contribution in [0.3, 0.4) is 0 Å². The zero-order valence-electron chi connectivity index (χ0n) is 10.5. The van der Waals surface area contributed by atoms with Crippen LogP contribution in [-0.2, 0) is 0 Å². The fraction of sp³-hybridized carbons (Fsp3) is 0.455. The standard InChI is InChI=1S/C11H15N5OS/c1-4-12-8(10-7(2)15-16-18-10)9-11(17-3)14-6-5-13-9/h5-6,8,12H,4H2,1-3H3. The van der Waals surface area contributed by atoms with Crippen LogP contribution in [-0.4, -0.2) is 33.2 Å². The molecule has 0 radical (unpaired) electrons. The summed E-state index contributed by atoms with van der Waals surface area (Å²) < 4.78 is 9.23. The van der Waals surface area contributed by atoms with Gasteiger partial charge in [0.25, 0.3) is 0 Å². The Labute approximate surface area is 110 Å². The third kappa shape index (κ3) is 2.46. The average Bonchev–Trinajstić information content (AvgIpc) is 2.82. The first-order valence-electron chi connectivity index (χ1n) is 5.65. The number of aryl methyl sites for hydroxylation is 1. The van der Waals surface area contributed by atoms with Crippen LogP contribution in [0.25, 0.3) is 0 Å². The Kier molecular flexibility index (Phi) is 4.16. The predicted molar refractivity (Wildman–Crippen MR) is 68.7 cm³/mol. The van der Waals surface area contributed by atoms with Gasteiger partial charge < -0.3 is 10.1 Å². The topological polar surface area (TPSA) is 72.8 Å². The molecule has 1 atom stereocenters. The van der Waals surface area contributed by atoms with Crippen LogP contribution in [0.2, 0.25) is 0 Å². The van der Waals surface area contributed by atoms with Crippen molar-refractivity contribution in [3.05, 3.63) is 28.7 Å². The molecular weight excluding hydrogens is 250 g/mol. The lowest BCUT2D eigenvalue weighted by atomic mass is 10.1. The first-order valence-corrected chi connectivity index (χ1v) is 6.42. The molecule has 0 aromatic carbocycles. The van der Waals surface area contributed by atoms with Crippen LogP contribution in [0.4, 0.5) is 0 Å². The summed E-state index contributed by atoms with van der Waals surface area (Å²) in [6, 6.07) is -0.0846. The van der Waals surface area contributed by atoms with E-state index in [1.165, 1.54) is 11.5 Å². The van der Waals surface area contributed by atoms with Gasteiger partial charge in [0.1, 0.15) is 5.69 Å². The molecule has 0 spiro atoms. The van der Waals surface area contributed by atoms with E-state index in [-0.39, 0.29) is 6.04 Å². The normalized spacial score (nSPS) is 12.4. The summed E-state index contributed by atoms with van der Waals surface area (Å²) in [4.78, 5) is 9.58. The van der Waals surface area contributed by atoms with Gasteiger partial charge in [0.05, 0.1) is 23.7 Å². The highest BCUT2D eigenvalue weighted by molar-refractivity contribution is 7.05. The average molecular weight is 265 g/mol. The zero-order valence-corrected chi connectivity index (χ0v) is 11.4. The van der Waals surface area contributed by atoms with Gasteiger partial charge in [0.2, 0.25) is 5.88 Å². The van der Waals surface area contributed by atoms with Gasteiger partial charge in [-0.3, -0.25) is 4.98 Å². The molecule has 1 N–H and O–H groups in total. The van der Waals surface area contributed by atoms with Crippen molar-refractivity contribution < 1.29 is 4.74 Å². The molecular formula is C11H15N5OS. The molecule has 0 amide bonds. The third-order valence-corrected chi connectivity index (χ3v) is 3.41. The summed E-state index contributed by atoms with van der Waals surface area (Å²) in [6.45, 7) is 4.79. The largest absolute Gasteiger partial charge is 0.480 e. The van der Waals surface area contributed by atoms with E-state index in [4.69, 9.17) is 4.74 Å². The van der Waals surface area contributed by atoms with Crippen molar-refractivity contribution in [3.63, 3.8) is 0 Å². The number of methoxy groups -OCH3 is 1. The molecule has 0 aliphatic rings. The lowest BCUT2D eigenvalue weighted by Crippen LogP contribution is -2.23. The van der Waals surface area contributed by atoms with E-state index in [1.54, 1.807) is 19.5 Å². The Hall–Kier alpha value is -1.60. The molecule has 0 aliphatic heterocycles. The highest BCUT2D eigenvalue weighted by Crippen LogP contribution is 2.29. The van der Waals surface area contributed by atoms with E-state index in [0.717, 1.165) is 22.8 Å². The highest BCUT2D eigenvalue weighted by atomic mass is 32.1. The minimum Gasteiger partial charge on any atom is -0.480 e. The van der Waals surface area contributed by atoms with Gasteiger partial charge in [-0.1, -0.05) is 11.4 Å². The van der Waals surface area contributed by atoms with Crippen molar-refractivity contribution in [1.29, 1.82) is 0 Å². The number of ether oxygens (including phenoxy) is 1. The summed E-state index contributed by atoms with van der Waals surface area (Å²) in [5.74, 6) is 0.524. The molecule has 96 valence electrons. The minimum absolute atomic E-state index is 0.0846. The van der Waals surface area contributed by atoms with E-state index >= 15 is 0 Å². The maximum absolute atomic E-state index is 5.26. The quantitative estimate of drug-likeness (QED) is 0.879. The van der Waals surface area contributed by atoms with Crippen LogP contribution in [0.15, 0.2) is 12.4 Å². The summed E-state index contributed by atoms with van der Waals surface area (Å²) in [5.41, 5.74) is 1.66. The fourth-order valence-corrected chi connectivity index (χ4v) is 2.44. The second-order valence-corrected chi connectivity index (χ2v) is 4.45. The Morgan fingerprint density at radius 3 is 2.78 bits per heavy atom. The number of nitrogens with one attached hydrogen (secondary N) is 1. The molecule has 0 aliphatic carbocycles. The predicted octanol–water partition coefficient (Wildman–Crippen LogP) is 1.34. The molecule has 0 fully saturated rings. The van der Waals surface area contributed by atoms with Crippen LogP contribution in [0.1, 0.15) is 29.2 Å². The fourth-order valence-electron chi connectivity index (χ4n) is 1.71. The zero-order chi connectivity index (χ0) is 13.0. The van der Waals surface area contributed by atoms with Crippen LogP contribution < -0.4 is 10.1 Å². The summed E-state index contributed by atoms with van der Waals surface area (Å²) >= 11 is 1.36. The van der Waals surface area contributed by atoms with Gasteiger partial charge in [0, 0.05) is 12.4 Å². The smallest absolute Gasteiger partial charge is 0.237 e. The van der Waals surface area contributed by atoms with E-state index < -0.39 is 0 Å². The first kappa shape index (κ1) is 12.8. The van der Waals surface area contributed by atoms with Crippen LogP contribution in [0.5, 0.6) is 5.88 Å². The van der Waals surface area contributed by atoms with E-state index in [2.05, 4.69) is 24.9 Å². The van der Waals surface area contributed by atoms with Gasteiger partial charge in [-0.25, -0.2) is 4.98 Å². The molecule has 2 rings (SSSR count). The van der Waals surface area contributed by atoms with E-state index in [9.17, 15) is 0 Å². The van der Waals surface area contributed by atoms with Gasteiger partial charge >= 0.3 is 0 Å². The van der Waals surface area contributed by atoms with Crippen molar-refractivity contribution in [3.8, 4) is 5.88 Å². The van der Waals surface area contributed by atoms with Gasteiger partial charge in [0.15, 0.2) is 0 Å². The molecule has 2 aromatic rings. The lowest BCUT2D eigenvalue weighted by molar-refractivity contribution is 0.383. The molecule has 18 heavy (non-hydrogen) atoms. The summed E-state index contributed by atoms with van der Waals surface area (Å²) in [5, 5.41) is 7.41. The van der Waals surface area contributed by atoms with Crippen molar-refractivity contribution in [2.75, 3.05) is 13.7 Å². The number of nitrogens with zero attached hydrogens (tertiary/aromatic N) is 4.